The number of quaternary nitrogens is 1. The second-order valence-electron chi connectivity index (χ2n) is 2.04. The smallest absolute Gasteiger partial charge is 0.183 e. The molecule has 5 heteroatoms. The molecule has 0 spiro atoms. The first-order valence-electron chi connectivity index (χ1n) is 2.34. The largest absolute Gasteiger partial charge is 1.00 e. The van der Waals surface area contributed by atoms with Gasteiger partial charge in [0.2, 0.25) is 0 Å². The van der Waals surface area contributed by atoms with Crippen molar-refractivity contribution >= 4 is 0 Å². The molecule has 0 heterocycles. The predicted octanol–water partition coefficient (Wildman–Crippen LogP) is -4.71. The number of aliphatic hydroxyl groups excluding tert-OH is 3. The second-order valence-corrected chi connectivity index (χ2v) is 2.04. The fraction of sp³-hybridized carbons (Fsp3) is 1.00. The third kappa shape index (κ3) is 3.83. The Labute approximate surface area is 64.7 Å². The average Bonchev–Trinajstić information content (AvgIpc) is 1.87. The number of nitrogens with zero attached hydrogens (tertiary/aromatic N) is 1. The highest BCUT2D eigenvalue weighted by Gasteiger charge is 2.15. The molecular formula is C4H12BrNO3. The Morgan fingerprint density at radius 3 is 1.22 bits per heavy atom. The van der Waals surface area contributed by atoms with Gasteiger partial charge in [0.1, 0.15) is 0 Å². The van der Waals surface area contributed by atoms with E-state index in [0.717, 1.165) is 0 Å². The lowest BCUT2D eigenvalue weighted by molar-refractivity contribution is -0.959. The number of rotatable bonds is 3. The van der Waals surface area contributed by atoms with E-state index in [9.17, 15) is 0 Å². The number of hydrogen-bond acceptors (Lipinski definition) is 3. The summed E-state index contributed by atoms with van der Waals surface area (Å²) in [5.74, 6) is 0. The Kier molecular flexibility index (Phi) is 6.87. The first-order valence-corrected chi connectivity index (χ1v) is 2.34. The van der Waals surface area contributed by atoms with Crippen LogP contribution in [0.15, 0.2) is 0 Å². The summed E-state index contributed by atoms with van der Waals surface area (Å²) >= 11 is 0. The van der Waals surface area contributed by atoms with Crippen molar-refractivity contribution in [2.45, 2.75) is 0 Å². The summed E-state index contributed by atoms with van der Waals surface area (Å²) in [5.41, 5.74) is 0. The summed E-state index contributed by atoms with van der Waals surface area (Å²) in [5, 5.41) is 25.3. The van der Waals surface area contributed by atoms with Gasteiger partial charge < -0.3 is 32.3 Å². The van der Waals surface area contributed by atoms with Crippen LogP contribution in [0.3, 0.4) is 0 Å². The molecule has 9 heavy (non-hydrogen) atoms. The third-order valence-corrected chi connectivity index (χ3v) is 1.02. The van der Waals surface area contributed by atoms with Gasteiger partial charge >= 0.3 is 0 Å². The molecule has 0 aromatic carbocycles. The van der Waals surface area contributed by atoms with Crippen LogP contribution in [0.25, 0.3) is 0 Å². The zero-order valence-electron chi connectivity index (χ0n) is 5.29. The topological polar surface area (TPSA) is 60.7 Å². The van der Waals surface area contributed by atoms with E-state index < -0.39 is 0 Å². The summed E-state index contributed by atoms with van der Waals surface area (Å²) in [6.07, 6.45) is 0. The van der Waals surface area contributed by atoms with Crippen molar-refractivity contribution in [1.82, 2.24) is 0 Å². The molecule has 0 saturated heterocycles. The molecule has 0 rings (SSSR count). The van der Waals surface area contributed by atoms with Crippen LogP contribution in [0, 0.1) is 0 Å². The highest BCUT2D eigenvalue weighted by Crippen LogP contribution is 1.93. The monoisotopic (exact) mass is 201 g/mol. The normalized spacial score (nSPS) is 10.7. The fourth-order valence-electron chi connectivity index (χ4n) is 0.134. The minimum Gasteiger partial charge on any atom is -1.00 e. The summed E-state index contributed by atoms with van der Waals surface area (Å²) < 4.78 is -0.125. The van der Waals surface area contributed by atoms with Crippen molar-refractivity contribution in [2.24, 2.45) is 0 Å². The minimum absolute atomic E-state index is 0. The molecule has 0 aliphatic carbocycles. The van der Waals surface area contributed by atoms with Gasteiger partial charge in [-0.25, -0.2) is 0 Å². The minimum atomic E-state index is -0.243. The SMILES string of the molecule is C[N+](CO)(CO)CO.[Br-]. The maximum absolute atomic E-state index is 8.44. The van der Waals surface area contributed by atoms with Crippen molar-refractivity contribution in [3.05, 3.63) is 0 Å². The standard InChI is InChI=1S/C4H12NO3.BrH/c1-5(2-6,3-7)4-8;/h6-8H,2-4H2,1H3;1H/q+1;/p-1. The molecule has 0 aromatic rings. The molecule has 0 radical (unpaired) electrons. The molecule has 0 aliphatic heterocycles. The molecule has 0 saturated carbocycles. The molecule has 0 amide bonds. The van der Waals surface area contributed by atoms with Crippen LogP contribution in [0.4, 0.5) is 0 Å². The lowest BCUT2D eigenvalue weighted by Gasteiger charge is -2.25. The van der Waals surface area contributed by atoms with Crippen LogP contribution in [-0.4, -0.2) is 47.0 Å². The summed E-state index contributed by atoms with van der Waals surface area (Å²) in [7, 11) is 1.54. The Balaban J connectivity index is 0. The molecule has 0 atom stereocenters. The zero-order valence-corrected chi connectivity index (χ0v) is 6.87. The van der Waals surface area contributed by atoms with Gasteiger partial charge in [-0.2, -0.15) is 0 Å². The molecule has 58 valence electrons. The van der Waals surface area contributed by atoms with Gasteiger partial charge in [0.25, 0.3) is 0 Å². The average molecular weight is 202 g/mol. The van der Waals surface area contributed by atoms with Crippen molar-refractivity contribution in [1.29, 1.82) is 0 Å². The number of hydrogen-bond donors (Lipinski definition) is 3. The van der Waals surface area contributed by atoms with Gasteiger partial charge in [-0.05, 0) is 0 Å². The van der Waals surface area contributed by atoms with Crippen LogP contribution in [0.2, 0.25) is 0 Å². The van der Waals surface area contributed by atoms with E-state index in [1.54, 1.807) is 7.05 Å². The molecule has 3 N–H and O–H groups in total. The summed E-state index contributed by atoms with van der Waals surface area (Å²) in [6, 6.07) is 0. The van der Waals surface area contributed by atoms with Gasteiger partial charge in [0.15, 0.2) is 20.2 Å². The van der Waals surface area contributed by atoms with E-state index >= 15 is 0 Å². The van der Waals surface area contributed by atoms with Crippen molar-refractivity contribution in [2.75, 3.05) is 27.2 Å². The molecular weight excluding hydrogens is 190 g/mol. The molecule has 4 nitrogen and oxygen atoms in total. The van der Waals surface area contributed by atoms with Gasteiger partial charge in [-0.15, -0.1) is 0 Å². The van der Waals surface area contributed by atoms with E-state index in [-0.39, 0.29) is 41.7 Å². The maximum atomic E-state index is 8.44. The van der Waals surface area contributed by atoms with E-state index in [2.05, 4.69) is 0 Å². The highest BCUT2D eigenvalue weighted by atomic mass is 79.9. The predicted molar refractivity (Wildman–Crippen MR) is 27.4 cm³/mol. The van der Waals surface area contributed by atoms with E-state index in [4.69, 9.17) is 15.3 Å². The first kappa shape index (κ1) is 12.0. The van der Waals surface area contributed by atoms with Crippen LogP contribution < -0.4 is 17.0 Å². The van der Waals surface area contributed by atoms with Crippen molar-refractivity contribution < 1.29 is 36.8 Å². The van der Waals surface area contributed by atoms with E-state index in [0.29, 0.717) is 0 Å². The van der Waals surface area contributed by atoms with Gasteiger partial charge in [0, 0.05) is 0 Å². The summed E-state index contributed by atoms with van der Waals surface area (Å²) in [6.45, 7) is -0.729. The first-order chi connectivity index (χ1) is 3.68. The Hall–Kier alpha value is 0.320. The Morgan fingerprint density at radius 1 is 1.00 bits per heavy atom. The Bertz CT molecular complexity index is 58.6. The maximum Gasteiger partial charge on any atom is 0.183 e. The second kappa shape index (κ2) is 5.13. The molecule has 0 aliphatic rings. The highest BCUT2D eigenvalue weighted by molar-refractivity contribution is 4.06. The van der Waals surface area contributed by atoms with Crippen LogP contribution in [-0.2, 0) is 0 Å². The van der Waals surface area contributed by atoms with Gasteiger partial charge in [-0.3, -0.25) is 4.48 Å². The third-order valence-electron chi connectivity index (χ3n) is 1.02. The molecule has 0 aromatic heterocycles. The quantitative estimate of drug-likeness (QED) is 0.318. The van der Waals surface area contributed by atoms with Gasteiger partial charge in [0.05, 0.1) is 7.05 Å². The lowest BCUT2D eigenvalue weighted by Crippen LogP contribution is -3.00. The van der Waals surface area contributed by atoms with Crippen molar-refractivity contribution in [3.63, 3.8) is 0 Å². The van der Waals surface area contributed by atoms with Crippen molar-refractivity contribution in [3.8, 4) is 0 Å². The number of aliphatic hydroxyl groups is 3. The number of halogens is 1. The van der Waals surface area contributed by atoms with E-state index in [1.165, 1.54) is 0 Å². The molecule has 0 bridgehead atoms. The van der Waals surface area contributed by atoms with Crippen LogP contribution >= 0.6 is 0 Å². The zero-order chi connectivity index (χ0) is 6.62. The lowest BCUT2D eigenvalue weighted by atomic mass is 10.7. The van der Waals surface area contributed by atoms with Gasteiger partial charge in [-0.1, -0.05) is 0 Å². The summed E-state index contributed by atoms with van der Waals surface area (Å²) in [4.78, 5) is 0. The Morgan fingerprint density at radius 2 is 1.22 bits per heavy atom. The fourth-order valence-corrected chi connectivity index (χ4v) is 0.134. The van der Waals surface area contributed by atoms with Crippen LogP contribution in [0.5, 0.6) is 0 Å². The van der Waals surface area contributed by atoms with E-state index in [1.807, 2.05) is 0 Å². The molecule has 0 fully saturated rings. The molecule has 0 unspecified atom stereocenters. The van der Waals surface area contributed by atoms with Crippen LogP contribution in [0.1, 0.15) is 0 Å².